The zero-order chi connectivity index (χ0) is 14.2. The number of allylic oxidation sites excluding steroid dienone is 2. The summed E-state index contributed by atoms with van der Waals surface area (Å²) in [5.41, 5.74) is 4.54. The molecule has 1 atom stereocenters. The summed E-state index contributed by atoms with van der Waals surface area (Å²) in [5.74, 6) is 0.588. The maximum atomic E-state index is 4.97. The molecular formula is C14H13Cl3STi. The number of rotatable bonds is 0. The van der Waals surface area contributed by atoms with Crippen LogP contribution in [0.1, 0.15) is 37.1 Å². The molecule has 1 aliphatic rings. The Balaban J connectivity index is 0.000000297. The van der Waals surface area contributed by atoms with Gasteiger partial charge < -0.3 is 0 Å². The van der Waals surface area contributed by atoms with Crippen LogP contribution in [0.3, 0.4) is 0 Å². The monoisotopic (exact) mass is 366 g/mol. The standard InChI is InChI=1S/C14H13S.3ClH.Ti/c1-8-9(2)13-11-6-4-5-7-12(11)15-14(13)10(8)3;;;;/h4-6,9H,1-3H3;3*1H;/q-1;;;;+4/p-3. The molecule has 0 bridgehead atoms. The van der Waals surface area contributed by atoms with E-state index in [-0.39, 0.29) is 0 Å². The normalized spacial score (nSPS) is 17.3. The molecule has 1 aromatic carbocycles. The van der Waals surface area contributed by atoms with Gasteiger partial charge in [0.15, 0.2) is 0 Å². The molecule has 1 heterocycles. The van der Waals surface area contributed by atoms with E-state index in [2.05, 4.69) is 39.0 Å². The van der Waals surface area contributed by atoms with Gasteiger partial charge in [0.2, 0.25) is 0 Å². The third-order valence-electron chi connectivity index (χ3n) is 3.57. The summed E-state index contributed by atoms with van der Waals surface area (Å²) in [7, 11) is 14.9. The van der Waals surface area contributed by atoms with Gasteiger partial charge in [-0.05, 0) is 25.3 Å². The summed E-state index contributed by atoms with van der Waals surface area (Å²) in [6.45, 7) is 6.81. The third-order valence-corrected chi connectivity index (χ3v) is 4.84. The number of halogens is 3. The fourth-order valence-corrected chi connectivity index (χ4v) is 3.76. The molecule has 1 unspecified atom stereocenters. The molecule has 0 aliphatic heterocycles. The van der Waals surface area contributed by atoms with Crippen molar-refractivity contribution in [3.8, 4) is 0 Å². The van der Waals surface area contributed by atoms with Gasteiger partial charge in [-0.1, -0.05) is 22.8 Å². The van der Waals surface area contributed by atoms with Crippen LogP contribution in [-0.4, -0.2) is 0 Å². The topological polar surface area (TPSA) is 0 Å². The van der Waals surface area contributed by atoms with Crippen LogP contribution in [-0.2, 0) is 14.7 Å². The Morgan fingerprint density at radius 2 is 1.89 bits per heavy atom. The molecule has 0 nitrogen and oxygen atoms in total. The van der Waals surface area contributed by atoms with E-state index in [0.29, 0.717) is 5.92 Å². The molecule has 1 aliphatic carbocycles. The van der Waals surface area contributed by atoms with Crippen molar-refractivity contribution in [3.63, 3.8) is 0 Å². The summed E-state index contributed by atoms with van der Waals surface area (Å²) in [6, 6.07) is 9.65. The van der Waals surface area contributed by atoms with Gasteiger partial charge in [-0.25, -0.2) is 0 Å². The first-order valence-corrected chi connectivity index (χ1v) is 13.1. The van der Waals surface area contributed by atoms with Gasteiger partial charge >= 0.3 is 42.6 Å². The van der Waals surface area contributed by atoms with Crippen molar-refractivity contribution in [2.45, 2.75) is 26.7 Å². The van der Waals surface area contributed by atoms with Gasteiger partial charge in [-0.3, -0.25) is 0 Å². The van der Waals surface area contributed by atoms with Crippen molar-refractivity contribution in [2.24, 2.45) is 0 Å². The van der Waals surface area contributed by atoms with E-state index in [9.17, 15) is 0 Å². The SMILES string of the molecule is CC1=C(C)C(C)c2c1sc1[c-]cccc21.[Cl][Ti+]([Cl])[Cl]. The van der Waals surface area contributed by atoms with Crippen molar-refractivity contribution in [1.82, 2.24) is 0 Å². The van der Waals surface area contributed by atoms with E-state index in [4.69, 9.17) is 27.9 Å². The van der Waals surface area contributed by atoms with E-state index >= 15 is 0 Å². The van der Waals surface area contributed by atoms with Crippen LogP contribution in [0.5, 0.6) is 0 Å². The zero-order valence-electron chi connectivity index (χ0n) is 10.9. The summed E-state index contributed by atoms with van der Waals surface area (Å²) < 4.78 is 1.31. The second-order valence-corrected chi connectivity index (χ2v) is 13.3. The zero-order valence-corrected chi connectivity index (χ0v) is 15.5. The van der Waals surface area contributed by atoms with Crippen LogP contribution < -0.4 is 0 Å². The number of hydrogen-bond donors (Lipinski definition) is 0. The van der Waals surface area contributed by atoms with Crippen LogP contribution >= 0.6 is 39.3 Å². The Bertz CT molecular complexity index is 628. The van der Waals surface area contributed by atoms with Crippen molar-refractivity contribution in [2.75, 3.05) is 0 Å². The molecule has 0 amide bonds. The van der Waals surface area contributed by atoms with E-state index in [1.54, 1.807) is 0 Å². The van der Waals surface area contributed by atoms with E-state index in [0.717, 1.165) is 0 Å². The van der Waals surface area contributed by atoms with Crippen molar-refractivity contribution < 1.29 is 14.7 Å². The molecule has 100 valence electrons. The summed E-state index contributed by atoms with van der Waals surface area (Å²) in [5, 5.41) is 1.40. The van der Waals surface area contributed by atoms with Gasteiger partial charge in [0.25, 0.3) is 0 Å². The average molecular weight is 368 g/mol. The first-order valence-electron chi connectivity index (χ1n) is 5.87. The second kappa shape index (κ2) is 6.51. The quantitative estimate of drug-likeness (QED) is 0.360. The number of hydrogen-bond acceptors (Lipinski definition) is 1. The minimum atomic E-state index is -1.92. The average Bonchev–Trinajstić information content (AvgIpc) is 2.82. The number of benzene rings is 1. The van der Waals surface area contributed by atoms with Crippen molar-refractivity contribution in [1.29, 1.82) is 0 Å². The molecule has 2 aromatic rings. The molecule has 5 heteroatoms. The second-order valence-electron chi connectivity index (χ2n) is 4.50. The Morgan fingerprint density at radius 3 is 2.53 bits per heavy atom. The van der Waals surface area contributed by atoms with Gasteiger partial charge in [0, 0.05) is 4.88 Å². The summed E-state index contributed by atoms with van der Waals surface area (Å²) >= 11 is -0.0281. The predicted molar refractivity (Wildman–Crippen MR) is 84.9 cm³/mol. The fraction of sp³-hybridized carbons (Fsp3) is 0.286. The number of thiophene rings is 1. The van der Waals surface area contributed by atoms with Crippen LogP contribution in [0.4, 0.5) is 0 Å². The van der Waals surface area contributed by atoms with Crippen LogP contribution in [0, 0.1) is 6.07 Å². The minimum absolute atomic E-state index is 0.588. The first kappa shape index (κ1) is 15.9. The summed E-state index contributed by atoms with van der Waals surface area (Å²) in [6.07, 6.45) is 0. The molecule has 0 radical (unpaired) electrons. The van der Waals surface area contributed by atoms with Crippen LogP contribution in [0.25, 0.3) is 15.7 Å². The van der Waals surface area contributed by atoms with E-state index in [1.807, 2.05) is 17.4 Å². The molecular weight excluding hydrogens is 354 g/mol. The molecule has 19 heavy (non-hydrogen) atoms. The van der Waals surface area contributed by atoms with E-state index < -0.39 is 14.7 Å². The summed E-state index contributed by atoms with van der Waals surface area (Å²) in [4.78, 5) is 1.48. The molecule has 0 saturated heterocycles. The molecule has 0 saturated carbocycles. The Labute approximate surface area is 135 Å². The molecule has 0 fully saturated rings. The molecule has 1 aromatic heterocycles. The van der Waals surface area contributed by atoms with Crippen molar-refractivity contribution in [3.05, 3.63) is 40.3 Å². The Morgan fingerprint density at radius 1 is 1.26 bits per heavy atom. The predicted octanol–water partition coefficient (Wildman–Crippen LogP) is 6.68. The third kappa shape index (κ3) is 3.23. The molecule has 0 spiro atoms. The van der Waals surface area contributed by atoms with Crippen LogP contribution in [0.2, 0.25) is 0 Å². The Kier molecular flexibility index (Phi) is 5.45. The maximum absolute atomic E-state index is 4.97. The van der Waals surface area contributed by atoms with Crippen molar-refractivity contribution >= 4 is 54.9 Å². The fourth-order valence-electron chi connectivity index (χ4n) is 2.43. The number of fused-ring (bicyclic) bond motifs is 3. The van der Waals surface area contributed by atoms with Gasteiger partial charge in [-0.2, -0.15) is 35.6 Å². The molecule has 3 rings (SSSR count). The van der Waals surface area contributed by atoms with Gasteiger partial charge in [0.1, 0.15) is 0 Å². The Hall–Kier alpha value is 0.504. The first-order chi connectivity index (χ1) is 8.93. The molecule has 0 N–H and O–H groups in total. The van der Waals surface area contributed by atoms with Crippen LogP contribution in [0.15, 0.2) is 23.8 Å². The van der Waals surface area contributed by atoms with E-state index in [1.165, 1.54) is 31.7 Å². The van der Waals surface area contributed by atoms with Gasteiger partial charge in [0.05, 0.1) is 0 Å². The van der Waals surface area contributed by atoms with Gasteiger partial charge in [-0.15, -0.1) is 5.39 Å².